The molecule has 1 saturated heterocycles. The van der Waals surface area contributed by atoms with Crippen LogP contribution >= 0.6 is 0 Å². The van der Waals surface area contributed by atoms with E-state index < -0.39 is 0 Å². The number of aromatic nitrogens is 2. The van der Waals surface area contributed by atoms with Crippen LogP contribution in [-0.2, 0) is 0 Å². The van der Waals surface area contributed by atoms with Crippen molar-refractivity contribution in [3.63, 3.8) is 0 Å². The second-order valence-corrected chi connectivity index (χ2v) is 7.33. The summed E-state index contributed by atoms with van der Waals surface area (Å²) in [6.07, 6.45) is 1.84. The minimum Gasteiger partial charge on any atom is -0.368 e. The SMILES string of the molecule is Cc1cccc(N2CCN(c3ccnc(NC(C)c4ccccc4)n3)CC2)c1. The summed E-state index contributed by atoms with van der Waals surface area (Å²) < 4.78 is 0. The highest BCUT2D eigenvalue weighted by atomic mass is 15.3. The largest absolute Gasteiger partial charge is 0.368 e. The van der Waals surface area contributed by atoms with Crippen LogP contribution in [0.25, 0.3) is 0 Å². The van der Waals surface area contributed by atoms with Crippen molar-refractivity contribution in [2.45, 2.75) is 19.9 Å². The lowest BCUT2D eigenvalue weighted by molar-refractivity contribution is 0.646. The van der Waals surface area contributed by atoms with E-state index in [1.54, 1.807) is 0 Å². The Morgan fingerprint density at radius 3 is 2.39 bits per heavy atom. The molecule has 5 nitrogen and oxygen atoms in total. The Kier molecular flexibility index (Phi) is 5.42. The molecule has 1 atom stereocenters. The molecule has 0 aliphatic carbocycles. The molecule has 1 unspecified atom stereocenters. The van der Waals surface area contributed by atoms with Crippen molar-refractivity contribution in [2.24, 2.45) is 0 Å². The number of hydrogen-bond acceptors (Lipinski definition) is 5. The fourth-order valence-electron chi connectivity index (χ4n) is 3.63. The molecule has 0 amide bonds. The number of nitrogens with zero attached hydrogens (tertiary/aromatic N) is 4. The van der Waals surface area contributed by atoms with Crippen molar-refractivity contribution in [3.05, 3.63) is 78.0 Å². The first-order chi connectivity index (χ1) is 13.7. The molecule has 144 valence electrons. The van der Waals surface area contributed by atoms with Crippen LogP contribution in [0, 0.1) is 6.92 Å². The van der Waals surface area contributed by atoms with Crippen LogP contribution < -0.4 is 15.1 Å². The monoisotopic (exact) mass is 373 g/mol. The Morgan fingerprint density at radius 1 is 0.893 bits per heavy atom. The summed E-state index contributed by atoms with van der Waals surface area (Å²) in [5.74, 6) is 1.66. The number of hydrogen-bond donors (Lipinski definition) is 1. The van der Waals surface area contributed by atoms with E-state index in [-0.39, 0.29) is 6.04 Å². The summed E-state index contributed by atoms with van der Waals surface area (Å²) in [5.41, 5.74) is 3.84. The van der Waals surface area contributed by atoms with Crippen molar-refractivity contribution in [3.8, 4) is 0 Å². The molecule has 4 rings (SSSR count). The zero-order valence-corrected chi connectivity index (χ0v) is 16.5. The molecule has 1 aliphatic rings. The van der Waals surface area contributed by atoms with Gasteiger partial charge >= 0.3 is 0 Å². The van der Waals surface area contributed by atoms with Gasteiger partial charge in [-0.1, -0.05) is 42.5 Å². The molecule has 5 heteroatoms. The van der Waals surface area contributed by atoms with Gasteiger partial charge in [-0.15, -0.1) is 0 Å². The van der Waals surface area contributed by atoms with Crippen LogP contribution in [0.2, 0.25) is 0 Å². The highest BCUT2D eigenvalue weighted by Crippen LogP contribution is 2.22. The van der Waals surface area contributed by atoms with Gasteiger partial charge in [-0.05, 0) is 43.2 Å². The minimum absolute atomic E-state index is 0.162. The molecule has 1 aromatic heterocycles. The molecular formula is C23H27N5. The normalized spacial score (nSPS) is 15.4. The summed E-state index contributed by atoms with van der Waals surface area (Å²) in [6.45, 7) is 8.18. The second kappa shape index (κ2) is 8.30. The predicted octanol–water partition coefficient (Wildman–Crippen LogP) is 4.28. The van der Waals surface area contributed by atoms with Gasteiger partial charge in [0.15, 0.2) is 0 Å². The molecule has 0 spiro atoms. The van der Waals surface area contributed by atoms with E-state index >= 15 is 0 Å². The van der Waals surface area contributed by atoms with Gasteiger partial charge in [0.05, 0.1) is 6.04 Å². The fraction of sp³-hybridized carbons (Fsp3) is 0.304. The van der Waals surface area contributed by atoms with Gasteiger partial charge in [-0.2, -0.15) is 4.98 Å². The number of piperazine rings is 1. The first-order valence-electron chi connectivity index (χ1n) is 9.90. The van der Waals surface area contributed by atoms with Crippen molar-refractivity contribution < 1.29 is 0 Å². The van der Waals surface area contributed by atoms with E-state index in [1.807, 2.05) is 18.3 Å². The maximum Gasteiger partial charge on any atom is 0.225 e. The lowest BCUT2D eigenvalue weighted by atomic mass is 10.1. The molecule has 2 aromatic carbocycles. The molecule has 3 aromatic rings. The molecule has 1 aliphatic heterocycles. The Bertz CT molecular complexity index is 904. The van der Waals surface area contributed by atoms with Gasteiger partial charge in [0.2, 0.25) is 5.95 Å². The van der Waals surface area contributed by atoms with Crippen molar-refractivity contribution in [2.75, 3.05) is 41.3 Å². The zero-order chi connectivity index (χ0) is 19.3. The number of benzene rings is 2. The van der Waals surface area contributed by atoms with E-state index in [0.717, 1.165) is 32.0 Å². The minimum atomic E-state index is 0.162. The van der Waals surface area contributed by atoms with Crippen LogP contribution in [0.15, 0.2) is 66.9 Å². The van der Waals surface area contributed by atoms with Gasteiger partial charge in [0, 0.05) is 38.1 Å². The Hall–Kier alpha value is -3.08. The highest BCUT2D eigenvalue weighted by molar-refractivity contribution is 5.51. The smallest absolute Gasteiger partial charge is 0.225 e. The second-order valence-electron chi connectivity index (χ2n) is 7.33. The molecule has 0 saturated carbocycles. The average molecular weight is 374 g/mol. The first kappa shape index (κ1) is 18.3. The first-order valence-corrected chi connectivity index (χ1v) is 9.90. The van der Waals surface area contributed by atoms with Gasteiger partial charge in [-0.25, -0.2) is 4.98 Å². The van der Waals surface area contributed by atoms with Gasteiger partial charge in [-0.3, -0.25) is 0 Å². The maximum absolute atomic E-state index is 4.76. The fourth-order valence-corrected chi connectivity index (χ4v) is 3.63. The molecular weight excluding hydrogens is 346 g/mol. The quantitative estimate of drug-likeness (QED) is 0.723. The number of aryl methyl sites for hydroxylation is 1. The van der Waals surface area contributed by atoms with Crippen molar-refractivity contribution >= 4 is 17.5 Å². The summed E-state index contributed by atoms with van der Waals surface area (Å²) in [4.78, 5) is 14.0. The number of anilines is 3. The van der Waals surface area contributed by atoms with Crippen molar-refractivity contribution in [1.82, 2.24) is 9.97 Å². The molecule has 28 heavy (non-hydrogen) atoms. The Morgan fingerprint density at radius 2 is 1.64 bits per heavy atom. The molecule has 0 bridgehead atoms. The topological polar surface area (TPSA) is 44.3 Å². The molecule has 1 fully saturated rings. The molecule has 1 N–H and O–H groups in total. The molecule has 0 radical (unpaired) electrons. The lowest BCUT2D eigenvalue weighted by Gasteiger charge is -2.37. The zero-order valence-electron chi connectivity index (χ0n) is 16.5. The van der Waals surface area contributed by atoms with E-state index in [1.165, 1.54) is 16.8 Å². The van der Waals surface area contributed by atoms with Crippen LogP contribution in [0.4, 0.5) is 17.5 Å². The van der Waals surface area contributed by atoms with Gasteiger partial charge in [0.1, 0.15) is 5.82 Å². The third-order valence-electron chi connectivity index (χ3n) is 5.26. The van der Waals surface area contributed by atoms with Crippen LogP contribution in [-0.4, -0.2) is 36.1 Å². The van der Waals surface area contributed by atoms with E-state index in [4.69, 9.17) is 4.98 Å². The standard InChI is InChI=1S/C23H27N5/c1-18-7-6-10-21(17-18)27-13-15-28(16-14-27)22-11-12-24-23(26-22)25-19(2)20-8-4-3-5-9-20/h3-12,17,19H,13-16H2,1-2H3,(H,24,25,26). The van der Waals surface area contributed by atoms with E-state index in [0.29, 0.717) is 5.95 Å². The third-order valence-corrected chi connectivity index (χ3v) is 5.26. The summed E-state index contributed by atoms with van der Waals surface area (Å²) in [5, 5.41) is 3.42. The Labute approximate surface area is 167 Å². The predicted molar refractivity (Wildman–Crippen MR) is 116 cm³/mol. The summed E-state index contributed by atoms with van der Waals surface area (Å²) in [7, 11) is 0. The lowest BCUT2D eigenvalue weighted by Crippen LogP contribution is -2.46. The Balaban J connectivity index is 1.40. The summed E-state index contributed by atoms with van der Waals surface area (Å²) >= 11 is 0. The molecule has 2 heterocycles. The maximum atomic E-state index is 4.76. The van der Waals surface area contributed by atoms with Gasteiger partial charge in [0.25, 0.3) is 0 Å². The number of rotatable bonds is 5. The third kappa shape index (κ3) is 4.25. The average Bonchev–Trinajstić information content (AvgIpc) is 2.75. The summed E-state index contributed by atoms with van der Waals surface area (Å²) in [6, 6.07) is 21.3. The highest BCUT2D eigenvalue weighted by Gasteiger charge is 2.19. The number of nitrogens with one attached hydrogen (secondary N) is 1. The van der Waals surface area contributed by atoms with Crippen LogP contribution in [0.5, 0.6) is 0 Å². The van der Waals surface area contributed by atoms with Crippen molar-refractivity contribution in [1.29, 1.82) is 0 Å². The van der Waals surface area contributed by atoms with Crippen LogP contribution in [0.3, 0.4) is 0 Å². The van der Waals surface area contributed by atoms with Crippen LogP contribution in [0.1, 0.15) is 24.1 Å². The van der Waals surface area contributed by atoms with E-state index in [2.05, 4.69) is 82.5 Å². The van der Waals surface area contributed by atoms with E-state index in [9.17, 15) is 0 Å². The van der Waals surface area contributed by atoms with Gasteiger partial charge < -0.3 is 15.1 Å².